The van der Waals surface area contributed by atoms with E-state index in [1.165, 1.54) is 14.2 Å². The van der Waals surface area contributed by atoms with Gasteiger partial charge >= 0.3 is 5.97 Å². The lowest BCUT2D eigenvalue weighted by atomic mass is 9.91. The standard InChI is InChI=1S/C19H25N3O4/c1-4-18(23)20-13-5-7-14(8-6-13)22-11-12-9-15(19(24)26-3)17(25-2)10-16(12)21-22/h9-11,13-14H,4-8H2,1-3H3,(H,20,23). The lowest BCUT2D eigenvalue weighted by Gasteiger charge is -2.29. The highest BCUT2D eigenvalue weighted by atomic mass is 16.5. The van der Waals surface area contributed by atoms with Gasteiger partial charge in [0.05, 0.1) is 25.8 Å². The van der Waals surface area contributed by atoms with Crippen LogP contribution in [0.4, 0.5) is 0 Å². The fraction of sp³-hybridized carbons (Fsp3) is 0.526. The van der Waals surface area contributed by atoms with Crippen LogP contribution in [-0.2, 0) is 9.53 Å². The Kier molecular flexibility index (Phi) is 5.44. The maximum absolute atomic E-state index is 11.9. The Morgan fingerprint density at radius 1 is 1.23 bits per heavy atom. The van der Waals surface area contributed by atoms with E-state index in [2.05, 4.69) is 10.4 Å². The molecule has 0 unspecified atom stereocenters. The van der Waals surface area contributed by atoms with Gasteiger partial charge in [0.2, 0.25) is 5.91 Å². The van der Waals surface area contributed by atoms with Crippen LogP contribution in [0.5, 0.6) is 5.75 Å². The zero-order valence-corrected chi connectivity index (χ0v) is 15.4. The highest BCUT2D eigenvalue weighted by Crippen LogP contribution is 2.31. The van der Waals surface area contributed by atoms with Gasteiger partial charge in [-0.25, -0.2) is 4.79 Å². The van der Waals surface area contributed by atoms with Gasteiger partial charge in [0.25, 0.3) is 0 Å². The number of rotatable bonds is 5. The van der Waals surface area contributed by atoms with Gasteiger partial charge in [-0.3, -0.25) is 9.48 Å². The van der Waals surface area contributed by atoms with Crippen LogP contribution in [0.25, 0.3) is 10.9 Å². The number of esters is 1. The molecule has 1 aliphatic carbocycles. The van der Waals surface area contributed by atoms with E-state index in [0.717, 1.165) is 36.6 Å². The summed E-state index contributed by atoms with van der Waals surface area (Å²) in [5, 5.41) is 8.62. The molecule has 140 valence electrons. The molecule has 1 aromatic carbocycles. The van der Waals surface area contributed by atoms with Crippen molar-refractivity contribution in [3.8, 4) is 5.75 Å². The number of nitrogens with zero attached hydrogens (tertiary/aromatic N) is 2. The first-order chi connectivity index (χ1) is 12.5. The lowest BCUT2D eigenvalue weighted by molar-refractivity contribution is -0.121. The van der Waals surface area contributed by atoms with Gasteiger partial charge < -0.3 is 14.8 Å². The first kappa shape index (κ1) is 18.2. The molecule has 1 aliphatic rings. The molecule has 3 rings (SSSR count). The molecular weight excluding hydrogens is 334 g/mol. The second-order valence-corrected chi connectivity index (χ2v) is 6.64. The van der Waals surface area contributed by atoms with Crippen LogP contribution in [0, 0.1) is 0 Å². The molecule has 2 aromatic rings. The van der Waals surface area contributed by atoms with Gasteiger partial charge in [0, 0.05) is 30.1 Å². The minimum absolute atomic E-state index is 0.112. The van der Waals surface area contributed by atoms with E-state index in [9.17, 15) is 9.59 Å². The SMILES string of the molecule is CCC(=O)NC1CCC(n2cc3cc(C(=O)OC)c(OC)cc3n2)CC1. The zero-order valence-electron chi connectivity index (χ0n) is 15.4. The van der Waals surface area contributed by atoms with E-state index < -0.39 is 5.97 Å². The third-order valence-corrected chi connectivity index (χ3v) is 5.01. The van der Waals surface area contributed by atoms with Gasteiger partial charge in [-0.15, -0.1) is 0 Å². The van der Waals surface area contributed by atoms with Crippen molar-refractivity contribution < 1.29 is 19.1 Å². The molecule has 0 bridgehead atoms. The molecule has 7 heteroatoms. The number of carbonyl (C=O) groups is 2. The van der Waals surface area contributed by atoms with E-state index in [1.54, 1.807) is 12.1 Å². The maximum atomic E-state index is 11.9. The van der Waals surface area contributed by atoms with E-state index >= 15 is 0 Å². The van der Waals surface area contributed by atoms with Gasteiger partial charge in [0.1, 0.15) is 11.3 Å². The summed E-state index contributed by atoms with van der Waals surface area (Å²) < 4.78 is 12.1. The second-order valence-electron chi connectivity index (χ2n) is 6.64. The highest BCUT2D eigenvalue weighted by molar-refractivity contribution is 5.97. The molecule has 0 aliphatic heterocycles. The number of fused-ring (bicyclic) bond motifs is 1. The summed E-state index contributed by atoms with van der Waals surface area (Å²) in [6.45, 7) is 1.87. The van der Waals surface area contributed by atoms with Crippen LogP contribution in [0.1, 0.15) is 55.4 Å². The van der Waals surface area contributed by atoms with Crippen molar-refractivity contribution in [2.24, 2.45) is 0 Å². The summed E-state index contributed by atoms with van der Waals surface area (Å²) in [5.74, 6) is 0.143. The van der Waals surface area contributed by atoms with Gasteiger partial charge in [-0.05, 0) is 31.7 Å². The van der Waals surface area contributed by atoms with Crippen molar-refractivity contribution in [1.29, 1.82) is 0 Å². The average Bonchev–Trinajstić information content (AvgIpc) is 3.09. The van der Waals surface area contributed by atoms with Crippen LogP contribution in [0.2, 0.25) is 0 Å². The van der Waals surface area contributed by atoms with Crippen molar-refractivity contribution in [2.75, 3.05) is 14.2 Å². The van der Waals surface area contributed by atoms with Gasteiger partial charge in [0.15, 0.2) is 0 Å². The van der Waals surface area contributed by atoms with Crippen molar-refractivity contribution >= 4 is 22.8 Å². The Bertz CT molecular complexity index is 806. The Balaban J connectivity index is 1.77. The van der Waals surface area contributed by atoms with E-state index in [-0.39, 0.29) is 11.9 Å². The lowest BCUT2D eigenvalue weighted by Crippen LogP contribution is -2.37. The summed E-state index contributed by atoms with van der Waals surface area (Å²) in [6.07, 6.45) is 6.31. The monoisotopic (exact) mass is 359 g/mol. The minimum Gasteiger partial charge on any atom is -0.496 e. The minimum atomic E-state index is -0.427. The summed E-state index contributed by atoms with van der Waals surface area (Å²) in [7, 11) is 2.88. The predicted octanol–water partition coefficient (Wildman–Crippen LogP) is 2.84. The summed E-state index contributed by atoms with van der Waals surface area (Å²) in [5.41, 5.74) is 1.18. The van der Waals surface area contributed by atoms with Gasteiger partial charge in [-0.2, -0.15) is 5.10 Å². The summed E-state index contributed by atoms with van der Waals surface area (Å²) in [6, 6.07) is 4.08. The largest absolute Gasteiger partial charge is 0.496 e. The average molecular weight is 359 g/mol. The molecule has 0 atom stereocenters. The molecule has 1 amide bonds. The highest BCUT2D eigenvalue weighted by Gasteiger charge is 2.24. The number of hydrogen-bond acceptors (Lipinski definition) is 5. The Morgan fingerprint density at radius 3 is 2.58 bits per heavy atom. The number of hydrogen-bond donors (Lipinski definition) is 1. The van der Waals surface area contributed by atoms with Crippen LogP contribution in [0.3, 0.4) is 0 Å². The molecule has 0 saturated heterocycles. The Hall–Kier alpha value is -2.57. The van der Waals surface area contributed by atoms with E-state index in [0.29, 0.717) is 23.8 Å². The fourth-order valence-corrected chi connectivity index (χ4v) is 3.51. The van der Waals surface area contributed by atoms with Crippen LogP contribution < -0.4 is 10.1 Å². The number of aromatic nitrogens is 2. The normalized spacial score (nSPS) is 20.0. The first-order valence-corrected chi connectivity index (χ1v) is 9.00. The smallest absolute Gasteiger partial charge is 0.341 e. The number of amides is 1. The molecule has 26 heavy (non-hydrogen) atoms. The van der Waals surface area contributed by atoms with Crippen LogP contribution in [-0.4, -0.2) is 41.9 Å². The van der Waals surface area contributed by atoms with Crippen LogP contribution in [0.15, 0.2) is 18.3 Å². The summed E-state index contributed by atoms with van der Waals surface area (Å²) in [4.78, 5) is 23.5. The molecule has 0 spiro atoms. The molecule has 1 saturated carbocycles. The van der Waals surface area contributed by atoms with E-state index in [4.69, 9.17) is 9.47 Å². The molecule has 1 fully saturated rings. The third kappa shape index (κ3) is 3.66. The third-order valence-electron chi connectivity index (χ3n) is 5.01. The second kappa shape index (κ2) is 7.76. The molecule has 7 nitrogen and oxygen atoms in total. The van der Waals surface area contributed by atoms with Crippen molar-refractivity contribution in [3.05, 3.63) is 23.9 Å². The quantitative estimate of drug-likeness (QED) is 0.830. The Morgan fingerprint density at radius 2 is 1.96 bits per heavy atom. The summed E-state index contributed by atoms with van der Waals surface area (Å²) >= 11 is 0. The molecule has 0 radical (unpaired) electrons. The molecule has 1 N–H and O–H groups in total. The number of benzene rings is 1. The van der Waals surface area contributed by atoms with Crippen molar-refractivity contribution in [2.45, 2.75) is 51.1 Å². The van der Waals surface area contributed by atoms with Crippen LogP contribution >= 0.6 is 0 Å². The zero-order chi connectivity index (χ0) is 18.7. The number of carbonyl (C=O) groups excluding carboxylic acids is 2. The molecular formula is C19H25N3O4. The van der Waals surface area contributed by atoms with Crippen molar-refractivity contribution in [3.63, 3.8) is 0 Å². The molecule has 1 heterocycles. The first-order valence-electron chi connectivity index (χ1n) is 9.00. The van der Waals surface area contributed by atoms with Gasteiger partial charge in [-0.1, -0.05) is 6.92 Å². The maximum Gasteiger partial charge on any atom is 0.341 e. The van der Waals surface area contributed by atoms with Crippen molar-refractivity contribution in [1.82, 2.24) is 15.1 Å². The molecule has 1 aromatic heterocycles. The van der Waals surface area contributed by atoms with E-state index in [1.807, 2.05) is 17.8 Å². The number of ether oxygens (including phenoxy) is 2. The predicted molar refractivity (Wildman–Crippen MR) is 97.4 cm³/mol. The Labute approximate surface area is 152 Å². The topological polar surface area (TPSA) is 82.5 Å². The fourth-order valence-electron chi connectivity index (χ4n) is 3.51. The number of nitrogens with one attached hydrogen (secondary N) is 1. The number of methoxy groups -OCH3 is 2.